The predicted molar refractivity (Wildman–Crippen MR) is 123 cm³/mol. The molecule has 5 nitrogen and oxygen atoms in total. The summed E-state index contributed by atoms with van der Waals surface area (Å²) >= 11 is 1.80. The van der Waals surface area contributed by atoms with E-state index in [9.17, 15) is 0 Å². The number of thiophene rings is 1. The van der Waals surface area contributed by atoms with Crippen LogP contribution in [0, 0.1) is 13.8 Å². The fourth-order valence-corrected chi connectivity index (χ4v) is 3.68. The van der Waals surface area contributed by atoms with Gasteiger partial charge in [0.2, 0.25) is 0 Å². The van der Waals surface area contributed by atoms with Crippen LogP contribution in [0.5, 0.6) is 5.75 Å². The molecule has 1 atom stereocenters. The average molecular weight is 501 g/mol. The number of guanidine groups is 1. The van der Waals surface area contributed by atoms with Gasteiger partial charge in [0.1, 0.15) is 11.9 Å². The molecule has 2 aromatic rings. The summed E-state index contributed by atoms with van der Waals surface area (Å²) in [6.07, 6.45) is 1.10. The Morgan fingerprint density at radius 3 is 2.70 bits per heavy atom. The molecule has 0 spiro atoms. The van der Waals surface area contributed by atoms with Gasteiger partial charge in [-0.2, -0.15) is 0 Å². The molecule has 0 amide bonds. The van der Waals surface area contributed by atoms with Crippen LogP contribution in [0.3, 0.4) is 0 Å². The Kier molecular flexibility index (Phi) is 8.85. The molecular formula is C20H28IN3O2S. The highest BCUT2D eigenvalue weighted by atomic mass is 127. The largest absolute Gasteiger partial charge is 0.488 e. The molecule has 7 heteroatoms. The van der Waals surface area contributed by atoms with E-state index in [1.165, 1.54) is 15.3 Å². The van der Waals surface area contributed by atoms with Gasteiger partial charge in [0.15, 0.2) is 5.96 Å². The molecule has 2 heterocycles. The van der Waals surface area contributed by atoms with Gasteiger partial charge < -0.3 is 20.1 Å². The Labute approximate surface area is 182 Å². The van der Waals surface area contributed by atoms with Gasteiger partial charge in [-0.25, -0.2) is 0 Å². The Morgan fingerprint density at radius 2 is 2.04 bits per heavy atom. The third-order valence-corrected chi connectivity index (χ3v) is 5.30. The fraction of sp³-hybridized carbons (Fsp3) is 0.450. The molecule has 0 saturated carbocycles. The first-order valence-corrected chi connectivity index (χ1v) is 9.79. The van der Waals surface area contributed by atoms with Crippen molar-refractivity contribution in [3.63, 3.8) is 0 Å². The van der Waals surface area contributed by atoms with Gasteiger partial charge in [0, 0.05) is 35.3 Å². The number of hydrogen-bond acceptors (Lipinski definition) is 4. The number of ether oxygens (including phenoxy) is 2. The highest BCUT2D eigenvalue weighted by Gasteiger charge is 2.18. The number of aryl methyl sites for hydroxylation is 2. The Bertz CT molecular complexity index is 757. The van der Waals surface area contributed by atoms with E-state index in [2.05, 4.69) is 59.8 Å². The topological polar surface area (TPSA) is 54.9 Å². The van der Waals surface area contributed by atoms with Crippen LogP contribution in [-0.4, -0.2) is 32.3 Å². The third-order valence-electron chi connectivity index (χ3n) is 4.30. The number of aliphatic imine (C=N–C) groups is 1. The zero-order valence-corrected chi connectivity index (χ0v) is 19.2. The van der Waals surface area contributed by atoms with Gasteiger partial charge in [0.25, 0.3) is 0 Å². The number of nitrogens with one attached hydrogen (secondary N) is 2. The van der Waals surface area contributed by atoms with Crippen LogP contribution in [-0.2, 0) is 17.8 Å². The van der Waals surface area contributed by atoms with E-state index in [-0.39, 0.29) is 30.1 Å². The number of hydrogen-bond donors (Lipinski definition) is 2. The molecule has 1 unspecified atom stereocenters. The molecular weight excluding hydrogens is 473 g/mol. The molecule has 2 N–H and O–H groups in total. The van der Waals surface area contributed by atoms with Gasteiger partial charge in [0.05, 0.1) is 19.8 Å². The summed E-state index contributed by atoms with van der Waals surface area (Å²) in [7, 11) is 1.79. The van der Waals surface area contributed by atoms with Gasteiger partial charge >= 0.3 is 0 Å². The van der Waals surface area contributed by atoms with Crippen LogP contribution >= 0.6 is 35.3 Å². The van der Waals surface area contributed by atoms with Gasteiger partial charge in [-0.15, -0.1) is 35.3 Å². The van der Waals surface area contributed by atoms with E-state index in [1.807, 2.05) is 0 Å². The maximum Gasteiger partial charge on any atom is 0.191 e. The monoisotopic (exact) mass is 501 g/mol. The molecule has 1 saturated heterocycles. The summed E-state index contributed by atoms with van der Waals surface area (Å²) in [6.45, 7) is 7.09. The lowest BCUT2D eigenvalue weighted by Crippen LogP contribution is -2.36. The van der Waals surface area contributed by atoms with Gasteiger partial charge in [-0.1, -0.05) is 12.1 Å². The lowest BCUT2D eigenvalue weighted by Gasteiger charge is -2.18. The number of benzene rings is 1. The molecule has 1 aliphatic heterocycles. The van der Waals surface area contributed by atoms with Crippen molar-refractivity contribution in [1.29, 1.82) is 0 Å². The van der Waals surface area contributed by atoms with Crippen LogP contribution < -0.4 is 15.4 Å². The summed E-state index contributed by atoms with van der Waals surface area (Å²) in [6, 6.07) is 10.6. The summed E-state index contributed by atoms with van der Waals surface area (Å²) in [5.74, 6) is 1.71. The van der Waals surface area contributed by atoms with E-state index >= 15 is 0 Å². The first-order valence-electron chi connectivity index (χ1n) is 8.98. The lowest BCUT2D eigenvalue weighted by molar-refractivity contribution is 0.140. The number of halogens is 1. The summed E-state index contributed by atoms with van der Waals surface area (Å²) in [5, 5.41) is 6.74. The Morgan fingerprint density at radius 1 is 1.22 bits per heavy atom. The predicted octanol–water partition coefficient (Wildman–Crippen LogP) is 4.02. The second kappa shape index (κ2) is 10.9. The highest BCUT2D eigenvalue weighted by Crippen LogP contribution is 2.23. The molecule has 0 aliphatic carbocycles. The quantitative estimate of drug-likeness (QED) is 0.357. The molecule has 1 aliphatic rings. The zero-order chi connectivity index (χ0) is 18.4. The van der Waals surface area contributed by atoms with Crippen molar-refractivity contribution in [1.82, 2.24) is 10.6 Å². The third kappa shape index (κ3) is 6.65. The second-order valence-corrected chi connectivity index (χ2v) is 7.88. The standard InChI is InChI=1S/C20H27N3O2S.HI/c1-14-4-6-16(19(10-14)25-17-8-9-24-13-17)11-22-20(21-3)23-12-18-7-5-15(2)26-18;/h4-7,10,17H,8-9,11-13H2,1-3H3,(H2,21,22,23);1H. The van der Waals surface area contributed by atoms with Crippen LogP contribution in [0.4, 0.5) is 0 Å². The van der Waals surface area contributed by atoms with Crippen molar-refractivity contribution in [2.24, 2.45) is 4.99 Å². The highest BCUT2D eigenvalue weighted by molar-refractivity contribution is 14.0. The van der Waals surface area contributed by atoms with Crippen LogP contribution in [0.25, 0.3) is 0 Å². The van der Waals surface area contributed by atoms with Gasteiger partial charge in [-0.05, 0) is 37.6 Å². The molecule has 0 bridgehead atoms. The van der Waals surface area contributed by atoms with Crippen LogP contribution in [0.1, 0.15) is 27.3 Å². The number of nitrogens with zero attached hydrogens (tertiary/aromatic N) is 1. The smallest absolute Gasteiger partial charge is 0.191 e. The summed E-state index contributed by atoms with van der Waals surface area (Å²) in [4.78, 5) is 6.93. The molecule has 1 fully saturated rings. The first-order chi connectivity index (χ1) is 12.6. The van der Waals surface area contributed by atoms with E-state index in [4.69, 9.17) is 9.47 Å². The van der Waals surface area contributed by atoms with Crippen LogP contribution in [0.2, 0.25) is 0 Å². The van der Waals surface area contributed by atoms with Crippen molar-refractivity contribution in [2.45, 2.75) is 39.5 Å². The average Bonchev–Trinajstić information content (AvgIpc) is 3.28. The molecule has 148 valence electrons. The van der Waals surface area contributed by atoms with Gasteiger partial charge in [-0.3, -0.25) is 4.99 Å². The van der Waals surface area contributed by atoms with E-state index in [0.29, 0.717) is 13.2 Å². The maximum absolute atomic E-state index is 6.16. The zero-order valence-electron chi connectivity index (χ0n) is 16.1. The normalized spacial score (nSPS) is 16.7. The Balaban J connectivity index is 0.00000261. The number of rotatable bonds is 6. The van der Waals surface area contributed by atoms with Crippen molar-refractivity contribution >= 4 is 41.3 Å². The minimum absolute atomic E-state index is 0. The lowest BCUT2D eigenvalue weighted by atomic mass is 10.1. The molecule has 1 aromatic heterocycles. The second-order valence-electron chi connectivity index (χ2n) is 6.51. The van der Waals surface area contributed by atoms with Crippen molar-refractivity contribution in [3.8, 4) is 5.75 Å². The fourth-order valence-electron chi connectivity index (χ4n) is 2.85. The summed E-state index contributed by atoms with van der Waals surface area (Å²) in [5.41, 5.74) is 2.32. The molecule has 27 heavy (non-hydrogen) atoms. The SMILES string of the molecule is CN=C(NCc1ccc(C)s1)NCc1ccc(C)cc1OC1CCOC1.I. The summed E-state index contributed by atoms with van der Waals surface area (Å²) < 4.78 is 11.6. The minimum atomic E-state index is 0. The molecule has 3 rings (SSSR count). The van der Waals surface area contributed by atoms with Crippen molar-refractivity contribution < 1.29 is 9.47 Å². The molecule has 0 radical (unpaired) electrons. The molecule has 1 aromatic carbocycles. The Hall–Kier alpha value is -1.32. The van der Waals surface area contributed by atoms with E-state index in [1.54, 1.807) is 18.4 Å². The van der Waals surface area contributed by atoms with Crippen LogP contribution in [0.15, 0.2) is 35.3 Å². The van der Waals surface area contributed by atoms with Crippen molar-refractivity contribution in [2.75, 3.05) is 20.3 Å². The van der Waals surface area contributed by atoms with E-state index in [0.717, 1.165) is 36.8 Å². The first kappa shape index (κ1) is 22.0. The van der Waals surface area contributed by atoms with E-state index < -0.39 is 0 Å². The maximum atomic E-state index is 6.16. The van der Waals surface area contributed by atoms with Crippen molar-refractivity contribution in [3.05, 3.63) is 51.2 Å². The minimum Gasteiger partial charge on any atom is -0.488 e.